The van der Waals surface area contributed by atoms with Gasteiger partial charge in [0.25, 0.3) is 0 Å². The third-order valence-electron chi connectivity index (χ3n) is 6.06. The molecule has 2 heterocycles. The van der Waals surface area contributed by atoms with Crippen LogP contribution in [0, 0.1) is 5.92 Å². The molecule has 176 valence electrons. The number of fused-ring (bicyclic) bond motifs is 1. The number of rotatable bonds is 6. The van der Waals surface area contributed by atoms with Crippen molar-refractivity contribution in [3.05, 3.63) is 54.1 Å². The summed E-state index contributed by atoms with van der Waals surface area (Å²) < 4.78 is 26.0. The van der Waals surface area contributed by atoms with E-state index < -0.39 is 15.8 Å². The topological polar surface area (TPSA) is 86.8 Å². The van der Waals surface area contributed by atoms with Gasteiger partial charge in [-0.3, -0.25) is 14.5 Å². The smallest absolute Gasteiger partial charge is 0.237 e. The molecule has 7 nitrogen and oxygen atoms in total. The molecule has 2 amide bonds. The number of nitrogens with zero attached hydrogens (tertiary/aromatic N) is 2. The number of hydrogen-bond acceptors (Lipinski definition) is 6. The number of nitrogens with one attached hydrogen (secondary N) is 1. The van der Waals surface area contributed by atoms with Gasteiger partial charge in [0.1, 0.15) is 0 Å². The molecular weight excluding hydrogens is 458 g/mol. The van der Waals surface area contributed by atoms with Crippen molar-refractivity contribution in [1.82, 2.24) is 9.80 Å². The molecule has 2 aliphatic rings. The first-order chi connectivity index (χ1) is 15.7. The molecule has 4 rings (SSSR count). The van der Waals surface area contributed by atoms with Gasteiger partial charge in [-0.25, -0.2) is 8.42 Å². The van der Waals surface area contributed by atoms with Crippen LogP contribution >= 0.6 is 11.8 Å². The minimum atomic E-state index is -3.68. The summed E-state index contributed by atoms with van der Waals surface area (Å²) in [4.78, 5) is 30.0. The lowest BCUT2D eigenvalue weighted by Gasteiger charge is -2.36. The zero-order valence-corrected chi connectivity index (χ0v) is 20.5. The minimum absolute atomic E-state index is 0.129. The van der Waals surface area contributed by atoms with Gasteiger partial charge >= 0.3 is 0 Å². The Kier molecular flexibility index (Phi) is 7.11. The Morgan fingerprint density at radius 3 is 2.52 bits per heavy atom. The van der Waals surface area contributed by atoms with Crippen molar-refractivity contribution in [2.75, 3.05) is 37.2 Å². The number of piperazine rings is 1. The SMILES string of the molecule is CC(CS(=O)(=O)c1ccc2c(c1)NC(=O)C(C)S2)C(=O)N1CCN(Cc2ccccc2)CC1. The first kappa shape index (κ1) is 23.8. The van der Waals surface area contributed by atoms with Crippen molar-refractivity contribution < 1.29 is 18.0 Å². The molecule has 2 aromatic rings. The molecule has 0 aliphatic carbocycles. The third-order valence-corrected chi connectivity index (χ3v) is 9.15. The lowest BCUT2D eigenvalue weighted by Crippen LogP contribution is -2.50. The molecule has 33 heavy (non-hydrogen) atoms. The van der Waals surface area contributed by atoms with Crippen LogP contribution in [0.1, 0.15) is 19.4 Å². The van der Waals surface area contributed by atoms with Gasteiger partial charge < -0.3 is 10.2 Å². The predicted molar refractivity (Wildman–Crippen MR) is 130 cm³/mol. The lowest BCUT2D eigenvalue weighted by atomic mass is 10.1. The lowest BCUT2D eigenvalue weighted by molar-refractivity contribution is -0.136. The molecule has 2 unspecified atom stereocenters. The molecule has 1 saturated heterocycles. The zero-order chi connectivity index (χ0) is 23.6. The van der Waals surface area contributed by atoms with Crippen molar-refractivity contribution in [2.24, 2.45) is 5.92 Å². The number of hydrogen-bond donors (Lipinski definition) is 1. The fraction of sp³-hybridized carbons (Fsp3) is 0.417. The second-order valence-corrected chi connectivity index (χ2v) is 12.1. The molecule has 0 saturated carbocycles. The molecular formula is C24H29N3O4S2. The summed E-state index contributed by atoms with van der Waals surface area (Å²) in [6, 6.07) is 15.0. The molecule has 0 aromatic heterocycles. The fourth-order valence-corrected chi connectivity index (χ4v) is 6.65. The Hall–Kier alpha value is -2.36. The van der Waals surface area contributed by atoms with E-state index in [1.54, 1.807) is 24.0 Å². The second kappa shape index (κ2) is 9.87. The van der Waals surface area contributed by atoms with Crippen LogP contribution in [0.2, 0.25) is 0 Å². The van der Waals surface area contributed by atoms with Crippen LogP contribution < -0.4 is 5.32 Å². The molecule has 0 spiro atoms. The standard InChI is InChI=1S/C24H29N3O4S2/c1-17(24(29)27-12-10-26(11-13-27)15-19-6-4-3-5-7-19)16-33(30,31)20-8-9-22-21(14-20)25-23(28)18(2)32-22/h3-9,14,17-18H,10-13,15-16H2,1-2H3,(H,25,28). The first-order valence-corrected chi connectivity index (χ1v) is 13.7. The van der Waals surface area contributed by atoms with E-state index in [9.17, 15) is 18.0 Å². The van der Waals surface area contributed by atoms with Crippen LogP contribution in [0.4, 0.5) is 5.69 Å². The highest BCUT2D eigenvalue weighted by Crippen LogP contribution is 2.37. The summed E-state index contributed by atoms with van der Waals surface area (Å²) in [5.74, 6) is -1.17. The van der Waals surface area contributed by atoms with Crippen LogP contribution in [0.5, 0.6) is 0 Å². The molecule has 2 atom stereocenters. The summed E-state index contributed by atoms with van der Waals surface area (Å²) >= 11 is 1.41. The van der Waals surface area contributed by atoms with E-state index in [1.807, 2.05) is 25.1 Å². The largest absolute Gasteiger partial charge is 0.340 e. The van der Waals surface area contributed by atoms with Crippen LogP contribution in [-0.4, -0.2) is 67.2 Å². The summed E-state index contributed by atoms with van der Waals surface area (Å²) in [6.07, 6.45) is 0. The van der Waals surface area contributed by atoms with Crippen LogP contribution in [0.25, 0.3) is 0 Å². The predicted octanol–water partition coefficient (Wildman–Crippen LogP) is 2.87. The average Bonchev–Trinajstić information content (AvgIpc) is 2.80. The number of carbonyl (C=O) groups excluding carboxylic acids is 2. The normalized spacial score (nSPS) is 20.1. The number of sulfone groups is 1. The highest BCUT2D eigenvalue weighted by Gasteiger charge is 2.30. The van der Waals surface area contributed by atoms with Gasteiger partial charge in [0.15, 0.2) is 9.84 Å². The van der Waals surface area contributed by atoms with Gasteiger partial charge in [0.05, 0.1) is 21.6 Å². The Labute approximate surface area is 199 Å². The Bertz CT molecular complexity index is 1130. The van der Waals surface area contributed by atoms with Crippen molar-refractivity contribution in [3.8, 4) is 0 Å². The summed E-state index contributed by atoms with van der Waals surface area (Å²) in [5, 5.41) is 2.55. The van der Waals surface area contributed by atoms with Gasteiger partial charge in [-0.1, -0.05) is 37.3 Å². The van der Waals surface area contributed by atoms with Crippen LogP contribution in [0.3, 0.4) is 0 Å². The van der Waals surface area contributed by atoms with Crippen LogP contribution in [0.15, 0.2) is 58.3 Å². The molecule has 2 aromatic carbocycles. The van der Waals surface area contributed by atoms with Crippen molar-refractivity contribution in [1.29, 1.82) is 0 Å². The maximum Gasteiger partial charge on any atom is 0.237 e. The van der Waals surface area contributed by atoms with Gasteiger partial charge in [-0.2, -0.15) is 0 Å². The molecule has 0 radical (unpaired) electrons. The third kappa shape index (κ3) is 5.59. The number of anilines is 1. The van der Waals surface area contributed by atoms with E-state index in [4.69, 9.17) is 0 Å². The van der Waals surface area contributed by atoms with E-state index in [-0.39, 0.29) is 27.7 Å². The quantitative estimate of drug-likeness (QED) is 0.674. The highest BCUT2D eigenvalue weighted by molar-refractivity contribution is 8.01. The van der Waals surface area contributed by atoms with E-state index >= 15 is 0 Å². The molecule has 1 N–H and O–H groups in total. The first-order valence-electron chi connectivity index (χ1n) is 11.1. The summed E-state index contributed by atoms with van der Waals surface area (Å²) in [5.41, 5.74) is 1.75. The number of thioether (sulfide) groups is 1. The van der Waals surface area contributed by atoms with Gasteiger partial charge in [0.2, 0.25) is 11.8 Å². The van der Waals surface area contributed by atoms with Crippen LogP contribution in [-0.2, 0) is 26.0 Å². The summed E-state index contributed by atoms with van der Waals surface area (Å²) in [6.45, 7) is 7.04. The molecule has 1 fully saturated rings. The molecule has 0 bridgehead atoms. The van der Waals surface area contributed by atoms with E-state index in [2.05, 4.69) is 22.3 Å². The monoisotopic (exact) mass is 487 g/mol. The Balaban J connectivity index is 1.35. The van der Waals surface area contributed by atoms with Gasteiger partial charge in [-0.05, 0) is 30.7 Å². The van der Waals surface area contributed by atoms with Crippen molar-refractivity contribution >= 4 is 39.1 Å². The Morgan fingerprint density at radius 2 is 1.82 bits per heavy atom. The van der Waals surface area contributed by atoms with Crippen molar-refractivity contribution in [2.45, 2.75) is 35.4 Å². The molecule has 9 heteroatoms. The maximum atomic E-state index is 13.0. The Morgan fingerprint density at radius 1 is 1.12 bits per heavy atom. The average molecular weight is 488 g/mol. The second-order valence-electron chi connectivity index (χ2n) is 8.68. The zero-order valence-electron chi connectivity index (χ0n) is 18.9. The highest BCUT2D eigenvalue weighted by atomic mass is 32.2. The number of amides is 2. The van der Waals surface area contributed by atoms with E-state index in [0.717, 1.165) is 24.5 Å². The van der Waals surface area contributed by atoms with E-state index in [1.165, 1.54) is 23.4 Å². The fourth-order valence-electron chi connectivity index (χ4n) is 4.16. The molecule has 2 aliphatic heterocycles. The number of carbonyl (C=O) groups is 2. The van der Waals surface area contributed by atoms with Gasteiger partial charge in [-0.15, -0.1) is 11.8 Å². The summed E-state index contributed by atoms with van der Waals surface area (Å²) in [7, 11) is -3.68. The van der Waals surface area contributed by atoms with Crippen molar-refractivity contribution in [3.63, 3.8) is 0 Å². The number of benzene rings is 2. The maximum absolute atomic E-state index is 13.0. The van der Waals surface area contributed by atoms with E-state index in [0.29, 0.717) is 18.8 Å². The van der Waals surface area contributed by atoms with Gasteiger partial charge in [0, 0.05) is 43.5 Å². The minimum Gasteiger partial charge on any atom is -0.340 e.